The van der Waals surface area contributed by atoms with Crippen LogP contribution in [0.15, 0.2) is 94.5 Å². The number of ketones is 1. The van der Waals surface area contributed by atoms with E-state index >= 15 is 0 Å². The summed E-state index contributed by atoms with van der Waals surface area (Å²) in [5, 5.41) is 0.794. The van der Waals surface area contributed by atoms with Gasteiger partial charge in [0.1, 0.15) is 0 Å². The van der Waals surface area contributed by atoms with Crippen LogP contribution in [-0.2, 0) is 0 Å². The van der Waals surface area contributed by atoms with E-state index in [9.17, 15) is 9.59 Å². The predicted octanol–water partition coefficient (Wildman–Crippen LogP) is 5.80. The zero-order valence-corrected chi connectivity index (χ0v) is 18.3. The molecule has 0 radical (unpaired) electrons. The number of aromatic amines is 1. The maximum atomic E-state index is 13.3. The molecule has 154 valence electrons. The van der Waals surface area contributed by atoms with Gasteiger partial charge in [0.2, 0.25) is 0 Å². The van der Waals surface area contributed by atoms with Crippen molar-refractivity contribution < 1.29 is 4.79 Å². The van der Waals surface area contributed by atoms with E-state index in [-0.39, 0.29) is 11.3 Å². The number of nitrogens with one attached hydrogen (secondary N) is 1. The number of hydrogen-bond acceptors (Lipinski definition) is 4. The minimum Gasteiger partial charge on any atom is -0.321 e. The first-order valence-electron chi connectivity index (χ1n) is 9.94. The molecule has 0 saturated carbocycles. The molecular formula is C26H16BrN3O2. The lowest BCUT2D eigenvalue weighted by molar-refractivity contribution is 0.104. The summed E-state index contributed by atoms with van der Waals surface area (Å²) in [6.45, 7) is 0. The van der Waals surface area contributed by atoms with Gasteiger partial charge in [0.25, 0.3) is 5.56 Å². The predicted molar refractivity (Wildman–Crippen MR) is 131 cm³/mol. The normalized spacial score (nSPS) is 11.4. The Morgan fingerprint density at radius 2 is 1.69 bits per heavy atom. The number of aromatic nitrogens is 3. The minimum atomic E-state index is -0.419. The molecule has 1 N–H and O–H groups in total. The zero-order valence-electron chi connectivity index (χ0n) is 16.7. The molecule has 0 aliphatic carbocycles. The second-order valence-corrected chi connectivity index (χ2v) is 8.18. The molecule has 0 spiro atoms. The molecule has 2 heterocycles. The standard InChI is InChI=1S/C26H16BrN3O2/c27-18-8-10-20-19(15-18)24(17-4-2-1-3-5-17)25(26(32)30-20)23(31)11-7-16-6-9-21-22(14-16)29-13-12-28-21/h1-15H,(H,30,32). The maximum Gasteiger partial charge on any atom is 0.260 e. The van der Waals surface area contributed by atoms with Gasteiger partial charge in [0.05, 0.1) is 16.6 Å². The van der Waals surface area contributed by atoms with Crippen LogP contribution in [0.3, 0.4) is 0 Å². The van der Waals surface area contributed by atoms with Crippen LogP contribution in [0.25, 0.3) is 39.1 Å². The summed E-state index contributed by atoms with van der Waals surface area (Å²) in [6, 6.07) is 20.6. The van der Waals surface area contributed by atoms with Crippen molar-refractivity contribution in [3.05, 3.63) is 111 Å². The number of rotatable bonds is 4. The Labute approximate surface area is 191 Å². The van der Waals surface area contributed by atoms with Gasteiger partial charge in [-0.2, -0.15) is 0 Å². The van der Waals surface area contributed by atoms with Gasteiger partial charge in [-0.25, -0.2) is 0 Å². The number of benzene rings is 3. The molecule has 2 aromatic heterocycles. The molecule has 5 nitrogen and oxygen atoms in total. The van der Waals surface area contributed by atoms with E-state index in [4.69, 9.17) is 0 Å². The van der Waals surface area contributed by atoms with E-state index in [0.29, 0.717) is 11.1 Å². The van der Waals surface area contributed by atoms with Crippen molar-refractivity contribution in [2.45, 2.75) is 0 Å². The summed E-state index contributed by atoms with van der Waals surface area (Å²) in [6.07, 6.45) is 6.38. The number of fused-ring (bicyclic) bond motifs is 2. The molecule has 0 amide bonds. The van der Waals surface area contributed by atoms with Crippen molar-refractivity contribution in [1.82, 2.24) is 15.0 Å². The highest BCUT2D eigenvalue weighted by molar-refractivity contribution is 9.10. The van der Waals surface area contributed by atoms with E-state index in [0.717, 1.165) is 32.0 Å². The first-order valence-corrected chi connectivity index (χ1v) is 10.7. The number of H-pyrrole nitrogens is 1. The van der Waals surface area contributed by atoms with Crippen molar-refractivity contribution in [3.63, 3.8) is 0 Å². The molecule has 0 aliphatic rings. The SMILES string of the molecule is O=C(C=Cc1ccc2nccnc2c1)c1c(-c2ccccc2)c2cc(Br)ccc2[nH]c1=O. The van der Waals surface area contributed by atoms with Gasteiger partial charge in [-0.05, 0) is 47.5 Å². The van der Waals surface area contributed by atoms with Gasteiger partial charge in [0.15, 0.2) is 5.78 Å². The monoisotopic (exact) mass is 481 g/mol. The summed E-state index contributed by atoms with van der Waals surface area (Å²) in [5.74, 6) is -0.369. The summed E-state index contributed by atoms with van der Waals surface area (Å²) in [7, 11) is 0. The quantitative estimate of drug-likeness (QED) is 0.260. The fourth-order valence-corrected chi connectivity index (χ4v) is 4.11. The summed E-state index contributed by atoms with van der Waals surface area (Å²) in [4.78, 5) is 37.7. The van der Waals surface area contributed by atoms with Crippen molar-refractivity contribution in [2.75, 3.05) is 0 Å². The fraction of sp³-hybridized carbons (Fsp3) is 0. The fourth-order valence-electron chi connectivity index (χ4n) is 3.74. The minimum absolute atomic E-state index is 0.110. The Morgan fingerprint density at radius 3 is 2.50 bits per heavy atom. The number of hydrogen-bond donors (Lipinski definition) is 1. The molecule has 0 unspecified atom stereocenters. The van der Waals surface area contributed by atoms with Crippen LogP contribution < -0.4 is 5.56 Å². The molecule has 3 aromatic carbocycles. The van der Waals surface area contributed by atoms with Gasteiger partial charge < -0.3 is 4.98 Å². The average Bonchev–Trinajstić information content (AvgIpc) is 2.82. The van der Waals surface area contributed by atoms with Crippen molar-refractivity contribution in [3.8, 4) is 11.1 Å². The number of nitrogens with zero attached hydrogens (tertiary/aromatic N) is 2. The van der Waals surface area contributed by atoms with Crippen LogP contribution in [0, 0.1) is 0 Å². The maximum absolute atomic E-state index is 13.3. The van der Waals surface area contributed by atoms with Crippen LogP contribution in [0.1, 0.15) is 15.9 Å². The third-order valence-electron chi connectivity index (χ3n) is 5.21. The third-order valence-corrected chi connectivity index (χ3v) is 5.70. The van der Waals surface area contributed by atoms with Crippen molar-refractivity contribution >= 4 is 49.7 Å². The Bertz CT molecular complexity index is 1570. The van der Waals surface area contributed by atoms with Gasteiger partial charge in [-0.3, -0.25) is 19.6 Å². The van der Waals surface area contributed by atoms with E-state index in [1.807, 2.05) is 66.7 Å². The summed E-state index contributed by atoms with van der Waals surface area (Å²) in [5.41, 5.74) is 4.10. The molecular weight excluding hydrogens is 466 g/mol. The lowest BCUT2D eigenvalue weighted by Crippen LogP contribution is -2.18. The lowest BCUT2D eigenvalue weighted by Gasteiger charge is -2.12. The highest BCUT2D eigenvalue weighted by Crippen LogP contribution is 2.31. The van der Waals surface area contributed by atoms with Gasteiger partial charge >= 0.3 is 0 Å². The second-order valence-electron chi connectivity index (χ2n) is 7.26. The molecule has 32 heavy (non-hydrogen) atoms. The molecule has 5 rings (SSSR count). The average molecular weight is 482 g/mol. The van der Waals surface area contributed by atoms with Crippen LogP contribution in [0.4, 0.5) is 0 Å². The van der Waals surface area contributed by atoms with E-state index in [2.05, 4.69) is 30.9 Å². The first kappa shape index (κ1) is 20.0. The van der Waals surface area contributed by atoms with Crippen LogP contribution in [0.5, 0.6) is 0 Å². The Morgan fingerprint density at radius 1 is 0.906 bits per heavy atom. The van der Waals surface area contributed by atoms with Gasteiger partial charge in [-0.15, -0.1) is 0 Å². The molecule has 0 bridgehead atoms. The molecule has 0 saturated heterocycles. The van der Waals surface area contributed by atoms with Crippen LogP contribution >= 0.6 is 15.9 Å². The van der Waals surface area contributed by atoms with Crippen LogP contribution in [-0.4, -0.2) is 20.7 Å². The van der Waals surface area contributed by atoms with E-state index < -0.39 is 5.56 Å². The van der Waals surface area contributed by atoms with E-state index in [1.54, 1.807) is 18.5 Å². The number of pyridine rings is 1. The smallest absolute Gasteiger partial charge is 0.260 e. The Hall–Kier alpha value is -3.90. The molecule has 5 aromatic rings. The summed E-state index contributed by atoms with van der Waals surface area (Å²) < 4.78 is 0.862. The number of allylic oxidation sites excluding steroid dienone is 1. The Balaban J connectivity index is 1.65. The van der Waals surface area contributed by atoms with Crippen molar-refractivity contribution in [2.24, 2.45) is 0 Å². The van der Waals surface area contributed by atoms with Gasteiger partial charge in [-0.1, -0.05) is 58.4 Å². The highest BCUT2D eigenvalue weighted by Gasteiger charge is 2.19. The van der Waals surface area contributed by atoms with Gasteiger partial charge in [0, 0.05) is 33.3 Å². The number of halogens is 1. The molecule has 0 aliphatic heterocycles. The largest absolute Gasteiger partial charge is 0.321 e. The van der Waals surface area contributed by atoms with Crippen molar-refractivity contribution in [1.29, 1.82) is 0 Å². The lowest BCUT2D eigenvalue weighted by atomic mass is 9.94. The topological polar surface area (TPSA) is 75.7 Å². The molecule has 6 heteroatoms. The number of carbonyl (C=O) groups is 1. The molecule has 0 atom stereocenters. The summed E-state index contributed by atoms with van der Waals surface area (Å²) >= 11 is 3.50. The third kappa shape index (κ3) is 3.76. The second kappa shape index (κ2) is 8.32. The Kier molecular flexibility index (Phi) is 5.21. The highest BCUT2D eigenvalue weighted by atomic mass is 79.9. The molecule has 0 fully saturated rings. The van der Waals surface area contributed by atoms with E-state index in [1.165, 1.54) is 6.08 Å². The number of carbonyl (C=O) groups excluding carboxylic acids is 1. The first-order chi connectivity index (χ1) is 15.6. The van der Waals surface area contributed by atoms with Crippen LogP contribution in [0.2, 0.25) is 0 Å². The zero-order chi connectivity index (χ0) is 22.1.